The monoisotopic (exact) mass is 322 g/mol. The van der Waals surface area contributed by atoms with Gasteiger partial charge in [-0.05, 0) is 12.1 Å². The molecule has 0 aromatic heterocycles. The first-order valence-corrected chi connectivity index (χ1v) is 6.54. The molecule has 2 rings (SSSR count). The van der Waals surface area contributed by atoms with Crippen LogP contribution in [0.3, 0.4) is 0 Å². The lowest BCUT2D eigenvalue weighted by Crippen LogP contribution is -2.35. The highest BCUT2D eigenvalue weighted by Gasteiger charge is 2.25. The van der Waals surface area contributed by atoms with Crippen molar-refractivity contribution in [1.82, 2.24) is 10.6 Å². The first-order chi connectivity index (χ1) is 9.08. The quantitative estimate of drug-likeness (QED) is 0.779. The lowest BCUT2D eigenvalue weighted by molar-refractivity contribution is -0.120. The van der Waals surface area contributed by atoms with Crippen molar-refractivity contribution in [2.24, 2.45) is 5.92 Å². The van der Waals surface area contributed by atoms with Crippen LogP contribution < -0.4 is 10.6 Å². The van der Waals surface area contributed by atoms with Crippen LogP contribution in [0.2, 0.25) is 5.02 Å². The zero-order valence-corrected chi connectivity index (χ0v) is 12.3. The maximum Gasteiger partial charge on any atom is 0.224 e. The number of benzene rings is 1. The molecule has 0 aliphatic carbocycles. The number of carbonyl (C=O) groups excluding carboxylic acids is 1. The van der Waals surface area contributed by atoms with Gasteiger partial charge in [-0.25, -0.2) is 4.39 Å². The highest BCUT2D eigenvalue weighted by molar-refractivity contribution is 6.31. The molecule has 0 spiro atoms. The number of carbonyl (C=O) groups is 1. The second kappa shape index (κ2) is 7.78. The van der Waals surface area contributed by atoms with Crippen LogP contribution in [-0.4, -0.2) is 36.8 Å². The van der Waals surface area contributed by atoms with E-state index in [2.05, 4.69) is 10.6 Å². The molecule has 112 valence electrons. The topological polar surface area (TPSA) is 61.4 Å². The van der Waals surface area contributed by atoms with Crippen molar-refractivity contribution in [2.75, 3.05) is 19.6 Å². The number of halogens is 3. The highest BCUT2D eigenvalue weighted by atomic mass is 35.5. The lowest BCUT2D eigenvalue weighted by Gasteiger charge is -2.14. The number of rotatable bonds is 4. The van der Waals surface area contributed by atoms with Crippen molar-refractivity contribution in [1.29, 1.82) is 0 Å². The molecule has 1 heterocycles. The summed E-state index contributed by atoms with van der Waals surface area (Å²) in [5, 5.41) is 15.6. The molecule has 7 heteroatoms. The summed E-state index contributed by atoms with van der Waals surface area (Å²) in [6, 6.07) is 4.33. The SMILES string of the molecule is Cl.O=C(Cc1c(F)cccc1Cl)NCC1CNCC1O. The predicted octanol–water partition coefficient (Wildman–Crippen LogP) is 1.14. The molecular formula is C13H17Cl2FN2O2. The van der Waals surface area contributed by atoms with Gasteiger partial charge in [-0.15, -0.1) is 12.4 Å². The number of nitrogens with one attached hydrogen (secondary N) is 2. The Hall–Kier alpha value is -0.880. The van der Waals surface area contributed by atoms with Gasteiger partial charge in [0.2, 0.25) is 5.91 Å². The van der Waals surface area contributed by atoms with E-state index >= 15 is 0 Å². The lowest BCUT2D eigenvalue weighted by atomic mass is 10.1. The molecule has 2 atom stereocenters. The average Bonchev–Trinajstić information content (AvgIpc) is 2.77. The molecule has 1 aromatic carbocycles. The number of aliphatic hydroxyl groups is 1. The van der Waals surface area contributed by atoms with E-state index in [0.29, 0.717) is 19.6 Å². The van der Waals surface area contributed by atoms with Crippen molar-refractivity contribution in [3.05, 3.63) is 34.6 Å². The van der Waals surface area contributed by atoms with Crippen molar-refractivity contribution in [3.63, 3.8) is 0 Å². The summed E-state index contributed by atoms with van der Waals surface area (Å²) in [6.07, 6.45) is -0.542. The van der Waals surface area contributed by atoms with Gasteiger partial charge in [0.1, 0.15) is 5.82 Å². The third kappa shape index (κ3) is 4.31. The van der Waals surface area contributed by atoms with Crippen LogP contribution in [0.15, 0.2) is 18.2 Å². The summed E-state index contributed by atoms with van der Waals surface area (Å²) in [6.45, 7) is 1.58. The molecule has 4 nitrogen and oxygen atoms in total. The summed E-state index contributed by atoms with van der Waals surface area (Å²) in [7, 11) is 0. The zero-order valence-electron chi connectivity index (χ0n) is 10.7. The first kappa shape index (κ1) is 17.2. The summed E-state index contributed by atoms with van der Waals surface area (Å²) in [5.74, 6) is -0.781. The third-order valence-electron chi connectivity index (χ3n) is 3.26. The highest BCUT2D eigenvalue weighted by Crippen LogP contribution is 2.19. The third-order valence-corrected chi connectivity index (χ3v) is 3.62. The molecule has 0 radical (unpaired) electrons. The van der Waals surface area contributed by atoms with E-state index < -0.39 is 11.9 Å². The molecule has 1 amide bonds. The average molecular weight is 323 g/mol. The van der Waals surface area contributed by atoms with Gasteiger partial charge in [0.25, 0.3) is 0 Å². The molecular weight excluding hydrogens is 306 g/mol. The predicted molar refractivity (Wildman–Crippen MR) is 77.7 cm³/mol. The van der Waals surface area contributed by atoms with Gasteiger partial charge < -0.3 is 15.7 Å². The Kier molecular flexibility index (Phi) is 6.68. The van der Waals surface area contributed by atoms with Crippen molar-refractivity contribution in [3.8, 4) is 0 Å². The molecule has 1 aliphatic heterocycles. The molecule has 2 unspecified atom stereocenters. The zero-order chi connectivity index (χ0) is 13.8. The van der Waals surface area contributed by atoms with Gasteiger partial charge in [0.15, 0.2) is 0 Å². The molecule has 1 saturated heterocycles. The minimum Gasteiger partial charge on any atom is -0.391 e. The Bertz CT molecular complexity index is 453. The fourth-order valence-electron chi connectivity index (χ4n) is 2.10. The summed E-state index contributed by atoms with van der Waals surface area (Å²) < 4.78 is 13.5. The van der Waals surface area contributed by atoms with Gasteiger partial charge in [0, 0.05) is 36.1 Å². The van der Waals surface area contributed by atoms with E-state index in [1.165, 1.54) is 12.1 Å². The minimum absolute atomic E-state index is 0. The van der Waals surface area contributed by atoms with Crippen LogP contribution in [-0.2, 0) is 11.2 Å². The number of β-amino-alcohol motifs (C(OH)–C–C–N with tert-alkyl or cyclic N) is 1. The molecule has 1 fully saturated rings. The van der Waals surface area contributed by atoms with E-state index in [1.54, 1.807) is 6.07 Å². The Balaban J connectivity index is 0.00000200. The second-order valence-corrected chi connectivity index (χ2v) is 5.07. The van der Waals surface area contributed by atoms with Gasteiger partial charge in [-0.1, -0.05) is 17.7 Å². The van der Waals surface area contributed by atoms with Gasteiger partial charge in [0.05, 0.1) is 12.5 Å². The smallest absolute Gasteiger partial charge is 0.224 e. The van der Waals surface area contributed by atoms with E-state index in [9.17, 15) is 14.3 Å². The molecule has 0 saturated carbocycles. The first-order valence-electron chi connectivity index (χ1n) is 6.16. The number of aliphatic hydroxyl groups excluding tert-OH is 1. The maximum absolute atomic E-state index is 13.5. The van der Waals surface area contributed by atoms with E-state index in [-0.39, 0.29) is 41.2 Å². The molecule has 3 N–H and O–H groups in total. The molecule has 1 aromatic rings. The Morgan fingerprint density at radius 1 is 1.50 bits per heavy atom. The fraction of sp³-hybridized carbons (Fsp3) is 0.462. The van der Waals surface area contributed by atoms with Crippen molar-refractivity contribution >= 4 is 29.9 Å². The van der Waals surface area contributed by atoms with Crippen LogP contribution in [0.1, 0.15) is 5.56 Å². The minimum atomic E-state index is -0.481. The summed E-state index contributed by atoms with van der Waals surface area (Å²) in [4.78, 5) is 11.7. The fourth-order valence-corrected chi connectivity index (χ4v) is 2.33. The summed E-state index contributed by atoms with van der Waals surface area (Å²) in [5.41, 5.74) is 0.201. The van der Waals surface area contributed by atoms with Crippen LogP contribution >= 0.6 is 24.0 Å². The van der Waals surface area contributed by atoms with Crippen LogP contribution in [0.5, 0.6) is 0 Å². The van der Waals surface area contributed by atoms with E-state index in [0.717, 1.165) is 0 Å². The summed E-state index contributed by atoms with van der Waals surface area (Å²) >= 11 is 5.85. The van der Waals surface area contributed by atoms with Gasteiger partial charge in [-0.2, -0.15) is 0 Å². The Morgan fingerprint density at radius 3 is 2.85 bits per heavy atom. The number of hydrogen-bond acceptors (Lipinski definition) is 3. The number of hydrogen-bond donors (Lipinski definition) is 3. The Labute approximate surface area is 128 Å². The normalized spacial score (nSPS) is 21.4. The molecule has 20 heavy (non-hydrogen) atoms. The standard InChI is InChI=1S/C13H16ClFN2O2.ClH/c14-10-2-1-3-11(15)9(10)4-13(19)17-6-8-5-16-7-12(8)18;/h1-3,8,12,16,18H,4-7H2,(H,17,19);1H. The van der Waals surface area contributed by atoms with E-state index in [1.807, 2.05) is 0 Å². The second-order valence-electron chi connectivity index (χ2n) is 4.67. The van der Waals surface area contributed by atoms with Gasteiger partial charge >= 0.3 is 0 Å². The Morgan fingerprint density at radius 2 is 2.25 bits per heavy atom. The number of amides is 1. The molecule has 0 bridgehead atoms. The van der Waals surface area contributed by atoms with Gasteiger partial charge in [-0.3, -0.25) is 4.79 Å². The van der Waals surface area contributed by atoms with Crippen LogP contribution in [0, 0.1) is 11.7 Å². The van der Waals surface area contributed by atoms with Crippen LogP contribution in [0.25, 0.3) is 0 Å². The maximum atomic E-state index is 13.5. The van der Waals surface area contributed by atoms with E-state index in [4.69, 9.17) is 11.6 Å². The van der Waals surface area contributed by atoms with Crippen molar-refractivity contribution < 1.29 is 14.3 Å². The largest absolute Gasteiger partial charge is 0.391 e. The van der Waals surface area contributed by atoms with Crippen LogP contribution in [0.4, 0.5) is 4.39 Å². The van der Waals surface area contributed by atoms with Crippen molar-refractivity contribution in [2.45, 2.75) is 12.5 Å². The molecule has 1 aliphatic rings.